The molecule has 0 aromatic rings. The molecule has 0 heterocycles. The highest BCUT2D eigenvalue weighted by Crippen LogP contribution is 2.12. The van der Waals surface area contributed by atoms with E-state index < -0.39 is 0 Å². The van der Waals surface area contributed by atoms with Gasteiger partial charge in [-0.1, -0.05) is 24.3 Å². The predicted octanol–water partition coefficient (Wildman–Crippen LogP) is 1.74. The Balaban J connectivity index is 2.35. The van der Waals surface area contributed by atoms with E-state index in [1.807, 2.05) is 6.08 Å². The van der Waals surface area contributed by atoms with Crippen molar-refractivity contribution in [3.05, 3.63) is 36.1 Å². The molecule has 0 saturated heterocycles. The Labute approximate surface area is 55.6 Å². The van der Waals surface area contributed by atoms with Crippen LogP contribution in [-0.2, 0) is 0 Å². The molecular formula is C8H11N. The van der Waals surface area contributed by atoms with Gasteiger partial charge < -0.3 is 5.73 Å². The molecule has 0 fully saturated rings. The number of hydrogen-bond donors (Lipinski definition) is 1. The van der Waals surface area contributed by atoms with Gasteiger partial charge in [0.05, 0.1) is 0 Å². The van der Waals surface area contributed by atoms with Crippen LogP contribution in [0.5, 0.6) is 0 Å². The maximum absolute atomic E-state index is 5.17. The van der Waals surface area contributed by atoms with Crippen LogP contribution in [0.15, 0.2) is 36.1 Å². The summed E-state index contributed by atoms with van der Waals surface area (Å²) in [4.78, 5) is 0. The van der Waals surface area contributed by atoms with Crippen LogP contribution < -0.4 is 5.73 Å². The van der Waals surface area contributed by atoms with E-state index in [1.165, 1.54) is 5.57 Å². The lowest BCUT2D eigenvalue weighted by Gasteiger charge is -1.88. The smallest absolute Gasteiger partial charge is 0.00834 e. The van der Waals surface area contributed by atoms with Gasteiger partial charge in [0.1, 0.15) is 0 Å². The standard InChI is InChI=1S/C8H11N/c9-7-3-6-8-4-1-2-5-8/h1,3-5,7H,2,6,9H2. The minimum atomic E-state index is 0.979. The lowest BCUT2D eigenvalue weighted by molar-refractivity contribution is 1.27. The Morgan fingerprint density at radius 2 is 2.56 bits per heavy atom. The van der Waals surface area contributed by atoms with Crippen LogP contribution in [0.1, 0.15) is 12.8 Å². The molecule has 1 heteroatoms. The summed E-state index contributed by atoms with van der Waals surface area (Å²) in [6.45, 7) is 0. The van der Waals surface area contributed by atoms with Crippen LogP contribution >= 0.6 is 0 Å². The Morgan fingerprint density at radius 3 is 3.11 bits per heavy atom. The minimum absolute atomic E-state index is 0.979. The van der Waals surface area contributed by atoms with Crippen molar-refractivity contribution in [3.8, 4) is 0 Å². The topological polar surface area (TPSA) is 26.0 Å². The molecule has 0 aromatic heterocycles. The van der Waals surface area contributed by atoms with Gasteiger partial charge in [0.25, 0.3) is 0 Å². The maximum atomic E-state index is 5.17. The largest absolute Gasteiger partial charge is 0.405 e. The fourth-order valence-corrected chi connectivity index (χ4v) is 0.862. The molecule has 1 aliphatic rings. The van der Waals surface area contributed by atoms with Crippen molar-refractivity contribution in [2.24, 2.45) is 5.73 Å². The lowest BCUT2D eigenvalue weighted by atomic mass is 10.2. The Morgan fingerprint density at radius 1 is 1.67 bits per heavy atom. The number of hydrogen-bond acceptors (Lipinski definition) is 1. The normalized spacial score (nSPS) is 17.1. The highest BCUT2D eigenvalue weighted by Gasteiger charge is 1.92. The summed E-state index contributed by atoms with van der Waals surface area (Å²) in [5, 5.41) is 0. The van der Waals surface area contributed by atoms with Crippen LogP contribution in [0.3, 0.4) is 0 Å². The molecule has 1 nitrogen and oxygen atoms in total. The summed E-state index contributed by atoms with van der Waals surface area (Å²) in [7, 11) is 0. The molecule has 9 heavy (non-hydrogen) atoms. The average molecular weight is 121 g/mol. The fraction of sp³-hybridized carbons (Fsp3) is 0.250. The van der Waals surface area contributed by atoms with Gasteiger partial charge in [0.2, 0.25) is 0 Å². The van der Waals surface area contributed by atoms with Gasteiger partial charge in [0.15, 0.2) is 0 Å². The zero-order valence-corrected chi connectivity index (χ0v) is 5.38. The molecule has 2 N–H and O–H groups in total. The summed E-state index contributed by atoms with van der Waals surface area (Å²) in [6, 6.07) is 0. The molecule has 0 aromatic carbocycles. The van der Waals surface area contributed by atoms with Crippen molar-refractivity contribution >= 4 is 0 Å². The third-order valence-corrected chi connectivity index (χ3v) is 1.34. The van der Waals surface area contributed by atoms with Crippen LogP contribution in [0, 0.1) is 0 Å². The summed E-state index contributed by atoms with van der Waals surface area (Å²) in [5.74, 6) is 0. The number of rotatable bonds is 2. The first-order valence-electron chi connectivity index (χ1n) is 3.16. The summed E-state index contributed by atoms with van der Waals surface area (Å²) >= 11 is 0. The number of allylic oxidation sites excluding steroid dienone is 5. The highest BCUT2D eigenvalue weighted by molar-refractivity contribution is 5.27. The first-order valence-corrected chi connectivity index (χ1v) is 3.16. The van der Waals surface area contributed by atoms with E-state index in [9.17, 15) is 0 Å². The predicted molar refractivity (Wildman–Crippen MR) is 39.8 cm³/mol. The minimum Gasteiger partial charge on any atom is -0.405 e. The van der Waals surface area contributed by atoms with Gasteiger partial charge in [-0.3, -0.25) is 0 Å². The fourth-order valence-electron chi connectivity index (χ4n) is 0.862. The molecule has 1 rings (SSSR count). The van der Waals surface area contributed by atoms with Gasteiger partial charge in [-0.05, 0) is 24.6 Å². The quantitative estimate of drug-likeness (QED) is 0.591. The van der Waals surface area contributed by atoms with Gasteiger partial charge in [-0.2, -0.15) is 0 Å². The molecule has 0 radical (unpaired) electrons. The monoisotopic (exact) mass is 121 g/mol. The van der Waals surface area contributed by atoms with Crippen molar-refractivity contribution in [1.82, 2.24) is 0 Å². The van der Waals surface area contributed by atoms with E-state index >= 15 is 0 Å². The molecule has 0 atom stereocenters. The van der Waals surface area contributed by atoms with E-state index in [4.69, 9.17) is 5.73 Å². The third-order valence-electron chi connectivity index (χ3n) is 1.34. The Bertz CT molecular complexity index is 163. The Hall–Kier alpha value is -0.980. The first kappa shape index (κ1) is 6.14. The molecule has 1 aliphatic carbocycles. The summed E-state index contributed by atoms with van der Waals surface area (Å²) in [5.41, 5.74) is 6.55. The SMILES string of the molecule is NC=CCC1=CCC=C1. The van der Waals surface area contributed by atoms with E-state index in [1.54, 1.807) is 6.20 Å². The van der Waals surface area contributed by atoms with Gasteiger partial charge in [-0.25, -0.2) is 0 Å². The van der Waals surface area contributed by atoms with E-state index in [0.29, 0.717) is 0 Å². The van der Waals surface area contributed by atoms with Crippen LogP contribution in [0.25, 0.3) is 0 Å². The van der Waals surface area contributed by atoms with Gasteiger partial charge in [-0.15, -0.1) is 0 Å². The Kier molecular flexibility index (Phi) is 2.13. The van der Waals surface area contributed by atoms with Crippen molar-refractivity contribution in [2.45, 2.75) is 12.8 Å². The average Bonchev–Trinajstić information content (AvgIpc) is 2.34. The van der Waals surface area contributed by atoms with Gasteiger partial charge >= 0.3 is 0 Å². The number of nitrogens with two attached hydrogens (primary N) is 1. The van der Waals surface area contributed by atoms with Crippen molar-refractivity contribution in [1.29, 1.82) is 0 Å². The van der Waals surface area contributed by atoms with E-state index in [-0.39, 0.29) is 0 Å². The van der Waals surface area contributed by atoms with Crippen LogP contribution in [0.2, 0.25) is 0 Å². The lowest BCUT2D eigenvalue weighted by Crippen LogP contribution is -1.77. The van der Waals surface area contributed by atoms with Crippen LogP contribution in [-0.4, -0.2) is 0 Å². The third kappa shape index (κ3) is 1.76. The van der Waals surface area contributed by atoms with Gasteiger partial charge in [0, 0.05) is 0 Å². The maximum Gasteiger partial charge on any atom is -0.00834 e. The first-order chi connectivity index (χ1) is 4.43. The second kappa shape index (κ2) is 3.13. The molecule has 0 saturated carbocycles. The second-order valence-corrected chi connectivity index (χ2v) is 2.05. The van der Waals surface area contributed by atoms with Crippen molar-refractivity contribution in [2.75, 3.05) is 0 Å². The molecule has 0 amide bonds. The second-order valence-electron chi connectivity index (χ2n) is 2.05. The molecule has 0 aliphatic heterocycles. The highest BCUT2D eigenvalue weighted by atomic mass is 14.5. The molecule has 0 bridgehead atoms. The molecule has 48 valence electrons. The van der Waals surface area contributed by atoms with Crippen molar-refractivity contribution < 1.29 is 0 Å². The van der Waals surface area contributed by atoms with Crippen molar-refractivity contribution in [3.63, 3.8) is 0 Å². The molecule has 0 unspecified atom stereocenters. The van der Waals surface area contributed by atoms with E-state index in [0.717, 1.165) is 12.8 Å². The summed E-state index contributed by atoms with van der Waals surface area (Å²) < 4.78 is 0. The zero-order chi connectivity index (χ0) is 6.53. The molecular weight excluding hydrogens is 110 g/mol. The summed E-state index contributed by atoms with van der Waals surface area (Å²) in [6.07, 6.45) is 12.1. The van der Waals surface area contributed by atoms with Crippen LogP contribution in [0.4, 0.5) is 0 Å². The molecule has 0 spiro atoms. The zero-order valence-electron chi connectivity index (χ0n) is 5.38. The van der Waals surface area contributed by atoms with E-state index in [2.05, 4.69) is 18.2 Å².